The van der Waals surface area contributed by atoms with Gasteiger partial charge in [-0.05, 0) is 39.0 Å². The maximum Gasteiger partial charge on any atom is 0.412 e. The summed E-state index contributed by atoms with van der Waals surface area (Å²) < 4.78 is 5.24. The molecule has 1 aromatic heterocycles. The number of nitrogens with zero attached hydrogens (tertiary/aromatic N) is 1. The standard InChI is InChI=1S/C16H23N3O2/c1-15(2,3)13-18-11-8-7-10(9-12(11)19-13)17-14(20)21-16(4,5)6/h7-9H,1-6H3,(H,17,20)(H,18,19). The number of benzene rings is 1. The zero-order valence-corrected chi connectivity index (χ0v) is 13.5. The Labute approximate surface area is 125 Å². The van der Waals surface area contributed by atoms with E-state index in [0.717, 1.165) is 16.9 Å². The van der Waals surface area contributed by atoms with Crippen molar-refractivity contribution < 1.29 is 9.53 Å². The molecule has 1 aromatic carbocycles. The number of H-pyrrole nitrogens is 1. The van der Waals surface area contributed by atoms with Crippen LogP contribution in [0.2, 0.25) is 0 Å². The predicted octanol–water partition coefficient (Wildman–Crippen LogP) is 4.21. The lowest BCUT2D eigenvalue weighted by atomic mass is 9.96. The van der Waals surface area contributed by atoms with Crippen LogP contribution < -0.4 is 5.32 Å². The van der Waals surface area contributed by atoms with Crippen LogP contribution in [0.5, 0.6) is 0 Å². The topological polar surface area (TPSA) is 67.0 Å². The van der Waals surface area contributed by atoms with Crippen LogP contribution in [-0.2, 0) is 10.2 Å². The first-order valence-electron chi connectivity index (χ1n) is 7.05. The van der Waals surface area contributed by atoms with Crippen molar-refractivity contribution in [1.82, 2.24) is 9.97 Å². The summed E-state index contributed by atoms with van der Waals surface area (Å²) in [6, 6.07) is 5.56. The summed E-state index contributed by atoms with van der Waals surface area (Å²) in [5.41, 5.74) is 1.91. The van der Waals surface area contributed by atoms with E-state index in [2.05, 4.69) is 36.1 Å². The third kappa shape index (κ3) is 3.97. The van der Waals surface area contributed by atoms with Gasteiger partial charge in [0.15, 0.2) is 0 Å². The van der Waals surface area contributed by atoms with E-state index in [-0.39, 0.29) is 5.41 Å². The fourth-order valence-electron chi connectivity index (χ4n) is 1.86. The molecule has 1 heterocycles. The molecule has 0 bridgehead atoms. The first kappa shape index (κ1) is 15.4. The number of amides is 1. The van der Waals surface area contributed by atoms with Crippen LogP contribution in [0.4, 0.5) is 10.5 Å². The highest BCUT2D eigenvalue weighted by Gasteiger charge is 2.19. The summed E-state index contributed by atoms with van der Waals surface area (Å²) >= 11 is 0. The summed E-state index contributed by atoms with van der Waals surface area (Å²) in [5.74, 6) is 0.923. The average Bonchev–Trinajstić information content (AvgIpc) is 2.68. The zero-order chi connectivity index (χ0) is 15.8. The number of hydrogen-bond donors (Lipinski definition) is 2. The van der Waals surface area contributed by atoms with Crippen molar-refractivity contribution in [2.75, 3.05) is 5.32 Å². The lowest BCUT2D eigenvalue weighted by molar-refractivity contribution is 0.0636. The second-order valence-corrected chi connectivity index (χ2v) is 7.19. The van der Waals surface area contributed by atoms with Crippen molar-refractivity contribution in [2.24, 2.45) is 0 Å². The van der Waals surface area contributed by atoms with Gasteiger partial charge in [-0.1, -0.05) is 20.8 Å². The Morgan fingerprint density at radius 1 is 1.19 bits per heavy atom. The largest absolute Gasteiger partial charge is 0.444 e. The number of nitrogens with one attached hydrogen (secondary N) is 2. The Morgan fingerprint density at radius 2 is 1.86 bits per heavy atom. The number of rotatable bonds is 1. The maximum absolute atomic E-state index is 11.8. The summed E-state index contributed by atoms with van der Waals surface area (Å²) in [6.45, 7) is 11.8. The fraction of sp³-hybridized carbons (Fsp3) is 0.500. The molecule has 0 fully saturated rings. The molecule has 0 aliphatic rings. The highest BCUT2D eigenvalue weighted by molar-refractivity contribution is 5.88. The highest BCUT2D eigenvalue weighted by Crippen LogP contribution is 2.24. The van der Waals surface area contributed by atoms with Crippen molar-refractivity contribution >= 4 is 22.8 Å². The van der Waals surface area contributed by atoms with E-state index in [0.29, 0.717) is 5.69 Å². The second-order valence-electron chi connectivity index (χ2n) is 7.19. The van der Waals surface area contributed by atoms with Gasteiger partial charge < -0.3 is 9.72 Å². The molecule has 0 saturated carbocycles. The number of carbonyl (C=O) groups excluding carboxylic acids is 1. The van der Waals surface area contributed by atoms with Crippen molar-refractivity contribution in [3.05, 3.63) is 24.0 Å². The molecule has 0 saturated heterocycles. The van der Waals surface area contributed by atoms with E-state index in [1.807, 2.05) is 39.0 Å². The van der Waals surface area contributed by atoms with Crippen LogP contribution in [0.3, 0.4) is 0 Å². The van der Waals surface area contributed by atoms with Gasteiger partial charge in [0, 0.05) is 11.1 Å². The summed E-state index contributed by atoms with van der Waals surface area (Å²) in [7, 11) is 0. The minimum atomic E-state index is -0.512. The summed E-state index contributed by atoms with van der Waals surface area (Å²) in [6.07, 6.45) is -0.461. The van der Waals surface area contributed by atoms with Gasteiger partial charge in [0.25, 0.3) is 0 Å². The minimum Gasteiger partial charge on any atom is -0.444 e. The van der Waals surface area contributed by atoms with Gasteiger partial charge in [-0.3, -0.25) is 5.32 Å². The second kappa shape index (κ2) is 5.06. The molecule has 0 unspecified atom stereocenters. The van der Waals surface area contributed by atoms with E-state index in [1.54, 1.807) is 0 Å². The Bertz CT molecular complexity index is 660. The average molecular weight is 289 g/mol. The van der Waals surface area contributed by atoms with Gasteiger partial charge in [0.2, 0.25) is 0 Å². The number of carbonyl (C=O) groups is 1. The number of aromatic nitrogens is 2. The zero-order valence-electron chi connectivity index (χ0n) is 13.5. The number of hydrogen-bond acceptors (Lipinski definition) is 3. The third-order valence-electron chi connectivity index (χ3n) is 2.84. The van der Waals surface area contributed by atoms with Crippen LogP contribution in [0.15, 0.2) is 18.2 Å². The SMILES string of the molecule is CC(C)(C)OC(=O)Nc1ccc2nc(C(C)(C)C)[nH]c2c1. The maximum atomic E-state index is 11.8. The van der Waals surface area contributed by atoms with Crippen molar-refractivity contribution in [1.29, 1.82) is 0 Å². The van der Waals surface area contributed by atoms with Crippen LogP contribution in [0, 0.1) is 0 Å². The first-order chi connectivity index (χ1) is 9.54. The Hall–Kier alpha value is -2.04. The van der Waals surface area contributed by atoms with E-state index < -0.39 is 11.7 Å². The summed E-state index contributed by atoms with van der Waals surface area (Å²) in [4.78, 5) is 19.6. The van der Waals surface area contributed by atoms with E-state index in [4.69, 9.17) is 4.74 Å². The van der Waals surface area contributed by atoms with Crippen molar-refractivity contribution in [3.63, 3.8) is 0 Å². The molecule has 1 amide bonds. The lowest BCUT2D eigenvalue weighted by Crippen LogP contribution is -2.27. The van der Waals surface area contributed by atoms with Gasteiger partial charge in [0.05, 0.1) is 11.0 Å². The van der Waals surface area contributed by atoms with Gasteiger partial charge in [-0.25, -0.2) is 9.78 Å². The predicted molar refractivity (Wildman–Crippen MR) is 84.7 cm³/mol. The van der Waals surface area contributed by atoms with Gasteiger partial charge in [-0.15, -0.1) is 0 Å². The Morgan fingerprint density at radius 3 is 2.43 bits per heavy atom. The highest BCUT2D eigenvalue weighted by atomic mass is 16.6. The van der Waals surface area contributed by atoms with Crippen LogP contribution >= 0.6 is 0 Å². The van der Waals surface area contributed by atoms with Gasteiger partial charge in [0.1, 0.15) is 11.4 Å². The minimum absolute atomic E-state index is 0.0439. The smallest absolute Gasteiger partial charge is 0.412 e. The number of anilines is 1. The molecular weight excluding hydrogens is 266 g/mol. The van der Waals surface area contributed by atoms with Crippen LogP contribution in [-0.4, -0.2) is 21.7 Å². The number of imidazole rings is 1. The molecule has 0 aliphatic carbocycles. The molecule has 0 aliphatic heterocycles. The van der Waals surface area contributed by atoms with Crippen LogP contribution in [0.25, 0.3) is 11.0 Å². The van der Waals surface area contributed by atoms with E-state index in [9.17, 15) is 4.79 Å². The fourth-order valence-corrected chi connectivity index (χ4v) is 1.86. The Kier molecular flexibility index (Phi) is 3.70. The van der Waals surface area contributed by atoms with Crippen LogP contribution in [0.1, 0.15) is 47.4 Å². The molecule has 21 heavy (non-hydrogen) atoms. The molecule has 0 spiro atoms. The lowest BCUT2D eigenvalue weighted by Gasteiger charge is -2.19. The Balaban J connectivity index is 2.21. The molecule has 5 nitrogen and oxygen atoms in total. The molecule has 114 valence electrons. The molecule has 2 rings (SSSR count). The third-order valence-corrected chi connectivity index (χ3v) is 2.84. The molecular formula is C16H23N3O2. The normalized spacial score (nSPS) is 12.5. The summed E-state index contributed by atoms with van der Waals surface area (Å²) in [5, 5.41) is 2.73. The van der Waals surface area contributed by atoms with Gasteiger partial charge >= 0.3 is 6.09 Å². The quantitative estimate of drug-likeness (QED) is 0.826. The van der Waals surface area contributed by atoms with Crippen molar-refractivity contribution in [3.8, 4) is 0 Å². The molecule has 2 N–H and O–H groups in total. The van der Waals surface area contributed by atoms with Gasteiger partial charge in [-0.2, -0.15) is 0 Å². The molecule has 0 atom stereocenters. The number of fused-ring (bicyclic) bond motifs is 1. The van der Waals surface area contributed by atoms with Crippen molar-refractivity contribution in [2.45, 2.75) is 52.6 Å². The first-order valence-corrected chi connectivity index (χ1v) is 7.05. The molecule has 2 aromatic rings. The molecule has 5 heteroatoms. The van der Waals surface area contributed by atoms with E-state index >= 15 is 0 Å². The monoisotopic (exact) mass is 289 g/mol. The van der Waals surface area contributed by atoms with E-state index in [1.165, 1.54) is 0 Å². The molecule has 0 radical (unpaired) electrons. The number of aromatic amines is 1. The number of ether oxygens (including phenoxy) is 1.